The maximum Gasteiger partial charge on any atom is 0.234 e. The van der Waals surface area contributed by atoms with Crippen molar-refractivity contribution in [2.75, 3.05) is 10.0 Å². The third-order valence-corrected chi connectivity index (χ3v) is 7.61. The lowest BCUT2D eigenvalue weighted by Crippen LogP contribution is -2.43. The highest BCUT2D eigenvalue weighted by atomic mass is 79.9. The number of hydrogen-bond acceptors (Lipinski definition) is 10. The van der Waals surface area contributed by atoms with Gasteiger partial charge in [0.15, 0.2) is 11.6 Å². The van der Waals surface area contributed by atoms with Gasteiger partial charge in [-0.15, -0.1) is 0 Å². The Hall–Kier alpha value is -2.38. The predicted octanol–water partition coefficient (Wildman–Crippen LogP) is 3.96. The van der Waals surface area contributed by atoms with Crippen molar-refractivity contribution in [2.45, 2.75) is 64.5 Å². The fourth-order valence-corrected chi connectivity index (χ4v) is 5.37. The van der Waals surface area contributed by atoms with E-state index < -0.39 is 0 Å². The Bertz CT molecular complexity index is 997. The molecule has 2 saturated carbocycles. The molecule has 4 N–H and O–H groups in total. The first-order valence-corrected chi connectivity index (χ1v) is 12.8. The van der Waals surface area contributed by atoms with Crippen LogP contribution in [-0.4, -0.2) is 32.0 Å². The largest absolute Gasteiger partial charge is 0.290 e. The lowest BCUT2D eigenvalue weighted by Gasteiger charge is -2.28. The van der Waals surface area contributed by atoms with Gasteiger partial charge in [-0.3, -0.25) is 10.0 Å². The summed E-state index contributed by atoms with van der Waals surface area (Å²) >= 11 is 6.74. The Kier molecular flexibility index (Phi) is 9.14. The lowest BCUT2D eigenvalue weighted by atomic mass is 10.1. The first-order valence-electron chi connectivity index (χ1n) is 11.2. The highest BCUT2D eigenvalue weighted by Gasteiger charge is 2.30. The first-order chi connectivity index (χ1) is 16.3. The number of rotatable bonds is 4. The third-order valence-electron chi connectivity index (χ3n) is 6.49. The van der Waals surface area contributed by atoms with E-state index in [9.17, 15) is 0 Å². The van der Waals surface area contributed by atoms with Gasteiger partial charge in [-0.1, -0.05) is 26.7 Å². The molecular formula is C22H28Br2N10. The average molecular weight is 592 g/mol. The number of halogens is 2. The minimum Gasteiger partial charge on any atom is -0.290 e. The summed E-state index contributed by atoms with van der Waals surface area (Å²) < 4.78 is 1.44. The summed E-state index contributed by atoms with van der Waals surface area (Å²) in [7, 11) is 0. The Morgan fingerprint density at radius 1 is 0.794 bits per heavy atom. The standard InChI is InChI=1S/2C11H14BrN5/c2*1-7-3-2-4-9(7)17(14)11-8(12)6-15-10(5-13)16-11/h2*6-7,9H,2-4,14H2,1H3/t2*7-,9-/m10/s1. The fourth-order valence-electron chi connectivity index (χ4n) is 4.58. The van der Waals surface area contributed by atoms with Crippen molar-refractivity contribution in [3.8, 4) is 12.1 Å². The fraction of sp³-hybridized carbons (Fsp3) is 0.545. The predicted molar refractivity (Wildman–Crippen MR) is 136 cm³/mol. The summed E-state index contributed by atoms with van der Waals surface area (Å²) in [4.78, 5) is 16.1. The SMILES string of the molecule is C[C@@H]1CCC[C@H]1N(N)c1nc(C#N)ncc1Br.C[C@H]1CCC[C@@H]1N(N)c1nc(C#N)ncc1Br. The minimum absolute atomic E-state index is 0.143. The summed E-state index contributed by atoms with van der Waals surface area (Å²) in [6.45, 7) is 4.38. The van der Waals surface area contributed by atoms with E-state index in [4.69, 9.17) is 22.2 Å². The molecule has 0 bridgehead atoms. The van der Waals surface area contributed by atoms with Crippen LogP contribution in [0.15, 0.2) is 21.3 Å². The van der Waals surface area contributed by atoms with Gasteiger partial charge in [0.2, 0.25) is 11.6 Å². The Morgan fingerprint density at radius 3 is 1.47 bits per heavy atom. The van der Waals surface area contributed by atoms with Gasteiger partial charge in [-0.05, 0) is 69.4 Å². The molecule has 2 fully saturated rings. The number of hydrazine groups is 2. The van der Waals surface area contributed by atoms with Crippen LogP contribution in [0.5, 0.6) is 0 Å². The molecule has 0 unspecified atom stereocenters. The van der Waals surface area contributed by atoms with Crippen LogP contribution in [0.25, 0.3) is 0 Å². The zero-order valence-electron chi connectivity index (χ0n) is 19.2. The van der Waals surface area contributed by atoms with Gasteiger partial charge < -0.3 is 0 Å². The highest BCUT2D eigenvalue weighted by molar-refractivity contribution is 9.11. The quantitative estimate of drug-likeness (QED) is 0.393. The van der Waals surface area contributed by atoms with Crippen LogP contribution >= 0.6 is 31.9 Å². The number of nitrogens with zero attached hydrogens (tertiary/aromatic N) is 8. The lowest BCUT2D eigenvalue weighted by molar-refractivity contribution is 0.486. The molecular weight excluding hydrogens is 564 g/mol. The Labute approximate surface area is 216 Å². The Morgan fingerprint density at radius 2 is 1.18 bits per heavy atom. The van der Waals surface area contributed by atoms with E-state index in [0.717, 1.165) is 21.8 Å². The van der Waals surface area contributed by atoms with Gasteiger partial charge in [-0.25, -0.2) is 21.7 Å². The van der Waals surface area contributed by atoms with Crippen molar-refractivity contribution < 1.29 is 0 Å². The number of hydrogen-bond donors (Lipinski definition) is 2. The molecule has 180 valence electrons. The maximum atomic E-state index is 8.80. The summed E-state index contributed by atoms with van der Waals surface area (Å²) in [5, 5.41) is 20.9. The van der Waals surface area contributed by atoms with E-state index in [1.165, 1.54) is 25.7 Å². The monoisotopic (exact) mass is 590 g/mol. The molecule has 2 aliphatic rings. The molecule has 0 spiro atoms. The second kappa shape index (κ2) is 11.8. The molecule has 4 rings (SSSR count). The van der Waals surface area contributed by atoms with Gasteiger partial charge in [0.1, 0.15) is 12.1 Å². The summed E-state index contributed by atoms with van der Waals surface area (Å²) in [6, 6.07) is 4.42. The van der Waals surface area contributed by atoms with Crippen LogP contribution < -0.4 is 21.7 Å². The van der Waals surface area contributed by atoms with E-state index in [0.29, 0.717) is 23.5 Å². The van der Waals surface area contributed by atoms with Gasteiger partial charge in [0.05, 0.1) is 8.95 Å². The van der Waals surface area contributed by atoms with E-state index in [1.807, 2.05) is 12.1 Å². The minimum atomic E-state index is 0.143. The molecule has 2 heterocycles. The van der Waals surface area contributed by atoms with Crippen molar-refractivity contribution in [3.63, 3.8) is 0 Å². The van der Waals surface area contributed by atoms with E-state index in [2.05, 4.69) is 65.6 Å². The molecule has 0 aromatic carbocycles. The van der Waals surface area contributed by atoms with Crippen LogP contribution in [0.1, 0.15) is 64.0 Å². The molecule has 34 heavy (non-hydrogen) atoms. The molecule has 0 aliphatic heterocycles. The van der Waals surface area contributed by atoms with Gasteiger partial charge in [0, 0.05) is 24.5 Å². The van der Waals surface area contributed by atoms with Crippen LogP contribution in [0, 0.1) is 34.5 Å². The highest BCUT2D eigenvalue weighted by Crippen LogP contribution is 2.33. The van der Waals surface area contributed by atoms with E-state index in [1.54, 1.807) is 22.4 Å². The van der Waals surface area contributed by atoms with Crippen molar-refractivity contribution >= 4 is 43.5 Å². The number of anilines is 2. The molecule has 2 aliphatic carbocycles. The topological polar surface area (TPSA) is 158 Å². The van der Waals surface area contributed by atoms with Crippen molar-refractivity contribution in [3.05, 3.63) is 33.0 Å². The average Bonchev–Trinajstić information content (AvgIpc) is 3.47. The number of nitrogens with two attached hydrogens (primary N) is 2. The molecule has 2 aromatic rings. The summed E-state index contributed by atoms with van der Waals surface area (Å²) in [5.41, 5.74) is 0. The summed E-state index contributed by atoms with van der Waals surface area (Å²) in [5.74, 6) is 14.8. The number of aromatic nitrogens is 4. The number of nitriles is 2. The van der Waals surface area contributed by atoms with Crippen LogP contribution in [0.3, 0.4) is 0 Å². The normalized spacial score (nSPS) is 23.4. The zero-order chi connectivity index (χ0) is 24.8. The second-order valence-corrected chi connectivity index (χ2v) is 10.4. The molecule has 2 aromatic heterocycles. The molecule has 0 saturated heterocycles. The zero-order valence-corrected chi connectivity index (χ0v) is 22.4. The summed E-state index contributed by atoms with van der Waals surface area (Å²) in [6.07, 6.45) is 10.0. The molecule has 0 radical (unpaired) electrons. The third kappa shape index (κ3) is 5.99. The second-order valence-electron chi connectivity index (χ2n) is 8.72. The van der Waals surface area contributed by atoms with Gasteiger partial charge in [0.25, 0.3) is 0 Å². The maximum absolute atomic E-state index is 8.80. The molecule has 0 amide bonds. The molecule has 4 atom stereocenters. The van der Waals surface area contributed by atoms with Crippen LogP contribution in [0.4, 0.5) is 11.6 Å². The van der Waals surface area contributed by atoms with E-state index >= 15 is 0 Å². The van der Waals surface area contributed by atoms with Crippen LogP contribution in [0.2, 0.25) is 0 Å². The molecule has 12 heteroatoms. The molecule has 10 nitrogen and oxygen atoms in total. The first kappa shape index (κ1) is 26.2. The van der Waals surface area contributed by atoms with Crippen molar-refractivity contribution in [2.24, 2.45) is 23.5 Å². The van der Waals surface area contributed by atoms with Crippen molar-refractivity contribution in [1.82, 2.24) is 19.9 Å². The smallest absolute Gasteiger partial charge is 0.234 e. The van der Waals surface area contributed by atoms with Crippen molar-refractivity contribution in [1.29, 1.82) is 10.5 Å². The van der Waals surface area contributed by atoms with Gasteiger partial charge in [-0.2, -0.15) is 20.5 Å². The van der Waals surface area contributed by atoms with E-state index in [-0.39, 0.29) is 23.7 Å². The van der Waals surface area contributed by atoms with Gasteiger partial charge >= 0.3 is 0 Å². The Balaban J connectivity index is 0.000000191. The van der Waals surface area contributed by atoms with Crippen LogP contribution in [-0.2, 0) is 0 Å².